The van der Waals surface area contributed by atoms with Gasteiger partial charge in [-0.15, -0.1) is 0 Å². The van der Waals surface area contributed by atoms with Crippen molar-refractivity contribution in [2.24, 2.45) is 13.0 Å². The third kappa shape index (κ3) is 5.99. The number of carbonyl (C=O) groups excluding carboxylic acids is 2. The van der Waals surface area contributed by atoms with Crippen LogP contribution in [0.1, 0.15) is 56.1 Å². The Bertz CT molecular complexity index is 1250. The lowest BCUT2D eigenvalue weighted by atomic mass is 9.83. The van der Waals surface area contributed by atoms with Crippen LogP contribution >= 0.6 is 0 Å². The van der Waals surface area contributed by atoms with E-state index in [9.17, 15) is 19.5 Å². The molecule has 2 fully saturated rings. The maximum atomic E-state index is 13.9. The van der Waals surface area contributed by atoms with Crippen LogP contribution in [0.15, 0.2) is 42.7 Å². The van der Waals surface area contributed by atoms with Gasteiger partial charge in [0.1, 0.15) is 18.5 Å². The molecule has 9 heteroatoms. The molecule has 2 amide bonds. The average Bonchev–Trinajstić information content (AvgIpc) is 3.65. The van der Waals surface area contributed by atoms with Crippen LogP contribution in [0.4, 0.5) is 5.69 Å². The number of nitrogens with zero attached hydrogens (tertiary/aromatic N) is 4. The monoisotopic (exact) mass is 549 g/mol. The largest absolute Gasteiger partial charge is 0.493 e. The molecule has 2 aromatic rings. The zero-order valence-electron chi connectivity index (χ0n) is 23.6. The normalized spacial score (nSPS) is 22.4. The van der Waals surface area contributed by atoms with Crippen molar-refractivity contribution in [1.29, 1.82) is 0 Å². The van der Waals surface area contributed by atoms with Crippen LogP contribution in [0.2, 0.25) is 0 Å². The lowest BCUT2D eigenvalue weighted by Crippen LogP contribution is -2.46. The summed E-state index contributed by atoms with van der Waals surface area (Å²) in [6, 6.07) is 9.54. The molecule has 9 nitrogen and oxygen atoms in total. The predicted molar refractivity (Wildman–Crippen MR) is 150 cm³/mol. The Morgan fingerprint density at radius 1 is 1.23 bits per heavy atom. The number of unbranched alkanes of at least 4 members (excludes halogenated alkanes) is 1. The molecule has 0 saturated carbocycles. The average molecular weight is 550 g/mol. The van der Waals surface area contributed by atoms with Gasteiger partial charge in [-0.1, -0.05) is 25.5 Å². The summed E-state index contributed by atoms with van der Waals surface area (Å²) in [4.78, 5) is 44.8. The summed E-state index contributed by atoms with van der Waals surface area (Å²) in [5, 5.41) is 10.5. The maximum Gasteiger partial charge on any atom is 0.308 e. The van der Waals surface area contributed by atoms with Crippen LogP contribution in [0, 0.1) is 5.92 Å². The lowest BCUT2D eigenvalue weighted by molar-refractivity contribution is -0.670. The number of benzene rings is 1. The first-order valence-electron chi connectivity index (χ1n) is 14.6. The molecule has 1 aromatic heterocycles. The highest BCUT2D eigenvalue weighted by Gasteiger charge is 2.47. The Kier molecular flexibility index (Phi) is 8.69. The molecule has 40 heavy (non-hydrogen) atoms. The van der Waals surface area contributed by atoms with Crippen LogP contribution in [-0.4, -0.2) is 78.1 Å². The first-order chi connectivity index (χ1) is 19.4. The molecule has 0 bridgehead atoms. The molecule has 214 valence electrons. The summed E-state index contributed by atoms with van der Waals surface area (Å²) in [7, 11) is 1.94. The molecule has 3 aliphatic heterocycles. The summed E-state index contributed by atoms with van der Waals surface area (Å²) < 4.78 is 7.62. The molecule has 1 N–H and O–H groups in total. The predicted octanol–water partition coefficient (Wildman–Crippen LogP) is 2.76. The van der Waals surface area contributed by atoms with Gasteiger partial charge in [0.05, 0.1) is 19.1 Å². The molecular weight excluding hydrogens is 508 g/mol. The van der Waals surface area contributed by atoms with Gasteiger partial charge in [-0.25, -0.2) is 4.57 Å². The van der Waals surface area contributed by atoms with Crippen LogP contribution in [0.25, 0.3) is 0 Å². The molecule has 0 aliphatic carbocycles. The minimum Gasteiger partial charge on any atom is -0.493 e. The van der Waals surface area contributed by atoms with E-state index in [1.165, 1.54) is 0 Å². The van der Waals surface area contributed by atoms with Gasteiger partial charge in [-0.05, 0) is 42.5 Å². The minimum absolute atomic E-state index is 0.0333. The molecular formula is C31H41N4O5+. The van der Waals surface area contributed by atoms with Gasteiger partial charge in [-0.3, -0.25) is 19.3 Å². The Morgan fingerprint density at radius 2 is 2.08 bits per heavy atom. The zero-order chi connectivity index (χ0) is 28.2. The van der Waals surface area contributed by atoms with Crippen LogP contribution < -0.4 is 14.2 Å². The molecule has 0 spiro atoms. The van der Waals surface area contributed by atoms with E-state index in [1.54, 1.807) is 0 Å². The topological polar surface area (TPSA) is 94.3 Å². The van der Waals surface area contributed by atoms with E-state index in [0.717, 1.165) is 48.2 Å². The molecule has 3 atom stereocenters. The lowest BCUT2D eigenvalue weighted by Gasteiger charge is -2.30. The van der Waals surface area contributed by atoms with E-state index in [2.05, 4.69) is 17.9 Å². The van der Waals surface area contributed by atoms with Crippen molar-refractivity contribution in [3.8, 4) is 5.75 Å². The number of pyridine rings is 1. The standard InChI is InChI=1S/C31H40N4O5/c1-3-4-15-35(24-7-5-13-32(2)19-24)29(37)21-34-20-25(22-9-10-27-23(18-22)12-17-40-27)30(31(38)39)26(34)11-16-33-14-6-8-28(33)36/h5,7,9-10,13,18-19,25-26,30H,3-4,6,8,11-12,14-17,20-21H2,1-2H3/p+1/t25-,26+,30?/m1/s1. The second-order valence-electron chi connectivity index (χ2n) is 11.3. The Balaban J connectivity index is 1.43. The highest BCUT2D eigenvalue weighted by molar-refractivity contribution is 5.94. The third-order valence-electron chi connectivity index (χ3n) is 8.65. The van der Waals surface area contributed by atoms with E-state index < -0.39 is 11.9 Å². The maximum absolute atomic E-state index is 13.9. The summed E-state index contributed by atoms with van der Waals surface area (Å²) in [5.41, 5.74) is 2.93. The first-order valence-corrected chi connectivity index (χ1v) is 14.6. The molecule has 5 rings (SSSR count). The van der Waals surface area contributed by atoms with Gasteiger partial charge in [0.15, 0.2) is 12.4 Å². The van der Waals surface area contributed by atoms with Crippen molar-refractivity contribution in [2.75, 3.05) is 44.2 Å². The Morgan fingerprint density at radius 3 is 2.80 bits per heavy atom. The van der Waals surface area contributed by atoms with E-state index >= 15 is 0 Å². The molecule has 3 aliphatic rings. The van der Waals surface area contributed by atoms with Gasteiger partial charge >= 0.3 is 5.97 Å². The molecule has 2 saturated heterocycles. The number of amides is 2. The van der Waals surface area contributed by atoms with Crippen molar-refractivity contribution in [1.82, 2.24) is 9.80 Å². The zero-order valence-corrected chi connectivity index (χ0v) is 23.6. The second-order valence-corrected chi connectivity index (χ2v) is 11.3. The number of anilines is 1. The fourth-order valence-electron chi connectivity index (χ4n) is 6.56. The number of aromatic nitrogens is 1. The number of hydrogen-bond acceptors (Lipinski definition) is 5. The second kappa shape index (κ2) is 12.4. The number of aliphatic carboxylic acids is 1. The van der Waals surface area contributed by atoms with Crippen molar-refractivity contribution in [2.45, 2.75) is 57.4 Å². The fourth-order valence-corrected chi connectivity index (χ4v) is 6.56. The number of hydrogen-bond donors (Lipinski definition) is 1. The van der Waals surface area contributed by atoms with Gasteiger partial charge < -0.3 is 19.6 Å². The Labute approximate surface area is 236 Å². The fraction of sp³-hybridized carbons (Fsp3) is 0.548. The van der Waals surface area contributed by atoms with Crippen LogP contribution in [-0.2, 0) is 27.9 Å². The third-order valence-corrected chi connectivity index (χ3v) is 8.65. The summed E-state index contributed by atoms with van der Waals surface area (Å²) >= 11 is 0. The SMILES string of the molecule is CCCCN(C(=O)CN1C[C@H](c2ccc3c(c2)CCO3)C(C(=O)O)[C@@H]1CCN1CCCC1=O)c1ccc[n+](C)c1. The smallest absolute Gasteiger partial charge is 0.308 e. The van der Waals surface area contributed by atoms with Crippen molar-refractivity contribution < 1.29 is 28.8 Å². The van der Waals surface area contributed by atoms with Crippen molar-refractivity contribution >= 4 is 23.5 Å². The summed E-state index contributed by atoms with van der Waals surface area (Å²) in [6.45, 7) is 5.19. The number of likely N-dealkylation sites (tertiary alicyclic amines) is 2. The summed E-state index contributed by atoms with van der Waals surface area (Å²) in [6.07, 6.45) is 8.46. The number of carbonyl (C=O) groups is 3. The quantitative estimate of drug-likeness (QED) is 0.434. The van der Waals surface area contributed by atoms with E-state index in [0.29, 0.717) is 45.6 Å². The number of carboxylic acid groups (broad SMARTS) is 1. The minimum atomic E-state index is -0.854. The van der Waals surface area contributed by atoms with E-state index in [-0.39, 0.29) is 30.3 Å². The van der Waals surface area contributed by atoms with Crippen molar-refractivity contribution in [3.63, 3.8) is 0 Å². The van der Waals surface area contributed by atoms with Gasteiger partial charge in [0.2, 0.25) is 11.8 Å². The molecule has 1 unspecified atom stereocenters. The summed E-state index contributed by atoms with van der Waals surface area (Å²) in [5.74, 6) is -0.822. The molecule has 4 heterocycles. The van der Waals surface area contributed by atoms with E-state index in [1.807, 2.05) is 58.1 Å². The highest BCUT2D eigenvalue weighted by Crippen LogP contribution is 2.41. The number of aryl methyl sites for hydroxylation is 1. The number of carboxylic acids is 1. The number of rotatable bonds is 11. The van der Waals surface area contributed by atoms with Gasteiger partial charge in [-0.2, -0.15) is 0 Å². The van der Waals surface area contributed by atoms with Gasteiger partial charge in [0, 0.05) is 57.0 Å². The highest BCUT2D eigenvalue weighted by atomic mass is 16.5. The van der Waals surface area contributed by atoms with Gasteiger partial charge in [0.25, 0.3) is 0 Å². The molecule has 0 radical (unpaired) electrons. The number of fused-ring (bicyclic) bond motifs is 1. The van der Waals surface area contributed by atoms with Crippen LogP contribution in [0.5, 0.6) is 5.75 Å². The Hall–Kier alpha value is -3.46. The number of ether oxygens (including phenoxy) is 1. The van der Waals surface area contributed by atoms with Crippen molar-refractivity contribution in [3.05, 3.63) is 53.9 Å². The van der Waals surface area contributed by atoms with Crippen LogP contribution in [0.3, 0.4) is 0 Å². The first kappa shape index (κ1) is 28.1. The molecule has 1 aromatic carbocycles. The van der Waals surface area contributed by atoms with E-state index in [4.69, 9.17) is 4.74 Å².